The number of carboxylic acid groups (broad SMARTS) is 4. The van der Waals surface area contributed by atoms with Crippen molar-refractivity contribution in [2.75, 3.05) is 13.2 Å². The van der Waals surface area contributed by atoms with Crippen LogP contribution in [0.15, 0.2) is 36.4 Å². The van der Waals surface area contributed by atoms with Crippen molar-refractivity contribution >= 4 is 23.9 Å². The molecule has 0 aliphatic rings. The minimum absolute atomic E-state index is 0.0332. The highest BCUT2D eigenvalue weighted by molar-refractivity contribution is 5.96. The minimum Gasteiger partial charge on any atom is -0.493 e. The molecule has 10 heteroatoms. The summed E-state index contributed by atoms with van der Waals surface area (Å²) in [5.41, 5.74) is -0.876. The van der Waals surface area contributed by atoms with Gasteiger partial charge in [-0.25, -0.2) is 19.2 Å². The summed E-state index contributed by atoms with van der Waals surface area (Å²) in [6.45, 7) is 0.250. The normalized spacial score (nSPS) is 10.3. The fraction of sp³-hybridized carbons (Fsp3) is 0.200. The summed E-state index contributed by atoms with van der Waals surface area (Å²) >= 11 is 0. The van der Waals surface area contributed by atoms with E-state index < -0.39 is 23.9 Å². The van der Waals surface area contributed by atoms with Crippen LogP contribution in [0.1, 0.15) is 54.3 Å². The standard InChI is InChI=1S/C20H18O10/c21-17(22)11-3-5-15(13(9-11)19(25)26)29-7-1-2-8-30-16-6-4-12(18(23)24)10-14(16)20(27)28/h3-6,9-10H,1-2,7-8H2,(H,21,22)(H,23,24)(H,25,26)(H,27,28). The molecular weight excluding hydrogens is 400 g/mol. The molecule has 0 bridgehead atoms. The van der Waals surface area contributed by atoms with E-state index in [0.717, 1.165) is 12.1 Å². The maximum atomic E-state index is 11.3. The van der Waals surface area contributed by atoms with Gasteiger partial charge in [-0.1, -0.05) is 0 Å². The van der Waals surface area contributed by atoms with E-state index in [2.05, 4.69) is 0 Å². The first kappa shape index (κ1) is 22.2. The molecule has 0 spiro atoms. The number of benzene rings is 2. The zero-order valence-electron chi connectivity index (χ0n) is 15.5. The molecule has 2 aromatic carbocycles. The predicted molar refractivity (Wildman–Crippen MR) is 101 cm³/mol. The van der Waals surface area contributed by atoms with Gasteiger partial charge in [-0.2, -0.15) is 0 Å². The van der Waals surface area contributed by atoms with Gasteiger partial charge in [-0.3, -0.25) is 0 Å². The van der Waals surface area contributed by atoms with Crippen LogP contribution in [0.4, 0.5) is 0 Å². The fourth-order valence-corrected chi connectivity index (χ4v) is 2.48. The van der Waals surface area contributed by atoms with Crippen molar-refractivity contribution in [3.8, 4) is 11.5 Å². The molecule has 10 nitrogen and oxygen atoms in total. The van der Waals surface area contributed by atoms with Gasteiger partial charge in [0.05, 0.1) is 24.3 Å². The molecule has 0 atom stereocenters. The number of carboxylic acids is 4. The maximum Gasteiger partial charge on any atom is 0.339 e. The van der Waals surface area contributed by atoms with E-state index in [1.54, 1.807) is 0 Å². The average Bonchev–Trinajstić information content (AvgIpc) is 2.70. The Morgan fingerprint density at radius 3 is 1.27 bits per heavy atom. The molecule has 0 unspecified atom stereocenters. The van der Waals surface area contributed by atoms with Crippen molar-refractivity contribution < 1.29 is 49.1 Å². The molecule has 0 fully saturated rings. The molecule has 0 radical (unpaired) electrons. The zero-order valence-corrected chi connectivity index (χ0v) is 15.5. The largest absolute Gasteiger partial charge is 0.493 e. The molecule has 0 heterocycles. The van der Waals surface area contributed by atoms with Crippen LogP contribution in [0.25, 0.3) is 0 Å². The van der Waals surface area contributed by atoms with Crippen molar-refractivity contribution in [3.05, 3.63) is 58.7 Å². The molecule has 2 aromatic rings. The van der Waals surface area contributed by atoms with E-state index in [-0.39, 0.29) is 47.0 Å². The second kappa shape index (κ2) is 9.92. The number of hydrogen-bond donors (Lipinski definition) is 4. The molecular formula is C20H18O10. The Hall–Kier alpha value is -4.08. The van der Waals surface area contributed by atoms with Crippen LogP contribution < -0.4 is 9.47 Å². The Labute approximate surface area is 169 Å². The SMILES string of the molecule is O=C(O)c1ccc(OCCCCOc2ccc(C(=O)O)cc2C(=O)O)c(C(=O)O)c1. The summed E-state index contributed by atoms with van der Waals surface area (Å²) in [6, 6.07) is 7.04. The molecule has 158 valence electrons. The second-order valence-electron chi connectivity index (χ2n) is 6.05. The highest BCUT2D eigenvalue weighted by Gasteiger charge is 2.16. The van der Waals surface area contributed by atoms with Gasteiger partial charge in [0, 0.05) is 0 Å². The van der Waals surface area contributed by atoms with Gasteiger partial charge in [0.15, 0.2) is 0 Å². The van der Waals surface area contributed by atoms with Gasteiger partial charge in [0.25, 0.3) is 0 Å². The summed E-state index contributed by atoms with van der Waals surface area (Å²) in [6.07, 6.45) is 0.880. The van der Waals surface area contributed by atoms with E-state index >= 15 is 0 Å². The Kier molecular flexibility index (Phi) is 7.34. The van der Waals surface area contributed by atoms with E-state index in [4.69, 9.17) is 19.7 Å². The lowest BCUT2D eigenvalue weighted by Gasteiger charge is -2.11. The van der Waals surface area contributed by atoms with Crippen LogP contribution in [0.3, 0.4) is 0 Å². The zero-order chi connectivity index (χ0) is 22.3. The quantitative estimate of drug-likeness (QED) is 0.398. The van der Waals surface area contributed by atoms with Gasteiger partial charge in [0.1, 0.15) is 22.6 Å². The van der Waals surface area contributed by atoms with Crippen molar-refractivity contribution in [2.45, 2.75) is 12.8 Å². The monoisotopic (exact) mass is 418 g/mol. The van der Waals surface area contributed by atoms with Crippen LogP contribution in [0.5, 0.6) is 11.5 Å². The third-order valence-electron chi connectivity index (χ3n) is 3.97. The van der Waals surface area contributed by atoms with E-state index in [1.807, 2.05) is 0 Å². The van der Waals surface area contributed by atoms with Gasteiger partial charge in [0.2, 0.25) is 0 Å². The van der Waals surface area contributed by atoms with Gasteiger partial charge in [-0.05, 0) is 49.2 Å². The molecule has 0 aliphatic heterocycles. The molecule has 0 amide bonds. The van der Waals surface area contributed by atoms with Crippen LogP contribution in [-0.4, -0.2) is 57.5 Å². The predicted octanol–water partition coefficient (Wildman–Crippen LogP) is 2.72. The first-order valence-electron chi connectivity index (χ1n) is 8.67. The number of ether oxygens (including phenoxy) is 2. The Balaban J connectivity index is 1.88. The lowest BCUT2D eigenvalue weighted by molar-refractivity contribution is 0.0672. The first-order valence-corrected chi connectivity index (χ1v) is 8.67. The molecule has 4 N–H and O–H groups in total. The molecule has 0 aromatic heterocycles. The second-order valence-corrected chi connectivity index (χ2v) is 6.05. The highest BCUT2D eigenvalue weighted by atomic mass is 16.5. The molecule has 0 saturated carbocycles. The maximum absolute atomic E-state index is 11.3. The van der Waals surface area contributed by atoms with Crippen molar-refractivity contribution in [2.24, 2.45) is 0 Å². The van der Waals surface area contributed by atoms with E-state index in [0.29, 0.717) is 12.8 Å². The minimum atomic E-state index is -1.32. The van der Waals surface area contributed by atoms with Crippen molar-refractivity contribution in [1.29, 1.82) is 0 Å². The van der Waals surface area contributed by atoms with E-state index in [1.165, 1.54) is 24.3 Å². The number of rotatable bonds is 11. The van der Waals surface area contributed by atoms with Crippen LogP contribution in [0.2, 0.25) is 0 Å². The van der Waals surface area contributed by atoms with E-state index in [9.17, 15) is 29.4 Å². The summed E-state index contributed by atoms with van der Waals surface area (Å²) in [7, 11) is 0. The lowest BCUT2D eigenvalue weighted by Crippen LogP contribution is -2.09. The first-order chi connectivity index (χ1) is 14.2. The summed E-state index contributed by atoms with van der Waals surface area (Å²) in [5, 5.41) is 36.2. The third-order valence-corrected chi connectivity index (χ3v) is 3.97. The van der Waals surface area contributed by atoms with Crippen molar-refractivity contribution in [3.63, 3.8) is 0 Å². The van der Waals surface area contributed by atoms with Crippen molar-refractivity contribution in [1.82, 2.24) is 0 Å². The molecule has 30 heavy (non-hydrogen) atoms. The number of hydrogen-bond acceptors (Lipinski definition) is 6. The Bertz CT molecular complexity index is 900. The average molecular weight is 418 g/mol. The molecule has 0 aliphatic carbocycles. The summed E-state index contributed by atoms with van der Waals surface area (Å²) in [4.78, 5) is 44.4. The Morgan fingerprint density at radius 2 is 0.967 bits per heavy atom. The molecule has 2 rings (SSSR count). The van der Waals surface area contributed by atoms with Gasteiger partial charge < -0.3 is 29.9 Å². The summed E-state index contributed by atoms with van der Waals surface area (Å²) in [5.74, 6) is -5.07. The number of unbranched alkanes of at least 4 members (excludes halogenated alkanes) is 1. The lowest BCUT2D eigenvalue weighted by atomic mass is 10.1. The highest BCUT2D eigenvalue weighted by Crippen LogP contribution is 2.22. The topological polar surface area (TPSA) is 168 Å². The smallest absolute Gasteiger partial charge is 0.339 e. The van der Waals surface area contributed by atoms with Crippen LogP contribution in [0, 0.1) is 0 Å². The third kappa shape index (κ3) is 5.71. The van der Waals surface area contributed by atoms with Gasteiger partial charge >= 0.3 is 23.9 Å². The summed E-state index contributed by atoms with van der Waals surface area (Å²) < 4.78 is 10.8. The molecule has 0 saturated heterocycles. The van der Waals surface area contributed by atoms with Crippen LogP contribution >= 0.6 is 0 Å². The fourth-order valence-electron chi connectivity index (χ4n) is 2.48. The van der Waals surface area contributed by atoms with Gasteiger partial charge in [-0.15, -0.1) is 0 Å². The Morgan fingerprint density at radius 1 is 0.600 bits per heavy atom. The van der Waals surface area contributed by atoms with Crippen LogP contribution in [-0.2, 0) is 0 Å². The number of aromatic carboxylic acids is 4. The number of carbonyl (C=O) groups is 4.